The quantitative estimate of drug-likeness (QED) is 0.726. The fraction of sp³-hybridized carbons (Fsp3) is 0.647. The maximum Gasteiger partial charge on any atom is 0.123 e. The van der Waals surface area contributed by atoms with Crippen molar-refractivity contribution >= 4 is 0 Å². The lowest BCUT2D eigenvalue weighted by molar-refractivity contribution is 0.133. The van der Waals surface area contributed by atoms with Gasteiger partial charge in [-0.15, -0.1) is 0 Å². The summed E-state index contributed by atoms with van der Waals surface area (Å²) in [6.45, 7) is 9.58. The van der Waals surface area contributed by atoms with Crippen molar-refractivity contribution in [2.45, 2.75) is 65.1 Å². The minimum atomic E-state index is -0.189. The topological polar surface area (TPSA) is 29.3 Å². The zero-order valence-corrected chi connectivity index (χ0v) is 13.3. The van der Waals surface area contributed by atoms with Crippen LogP contribution in [-0.4, -0.2) is 23.5 Å². The largest absolute Gasteiger partial charge is 0.326 e. The van der Waals surface area contributed by atoms with Crippen LogP contribution in [0.5, 0.6) is 0 Å². The first-order chi connectivity index (χ1) is 9.47. The molecule has 1 aromatic rings. The Morgan fingerprint density at radius 2 is 1.90 bits per heavy atom. The van der Waals surface area contributed by atoms with E-state index in [4.69, 9.17) is 5.73 Å². The molecule has 0 aliphatic heterocycles. The van der Waals surface area contributed by atoms with Crippen LogP contribution in [0.4, 0.5) is 4.39 Å². The van der Waals surface area contributed by atoms with E-state index in [1.807, 2.05) is 13.0 Å². The Morgan fingerprint density at radius 3 is 2.40 bits per heavy atom. The Kier molecular flexibility index (Phi) is 7.17. The lowest BCUT2D eigenvalue weighted by atomic mass is 9.97. The first-order valence-corrected chi connectivity index (χ1v) is 7.74. The highest BCUT2D eigenvalue weighted by Crippen LogP contribution is 2.26. The summed E-state index contributed by atoms with van der Waals surface area (Å²) >= 11 is 0. The van der Waals surface area contributed by atoms with Crippen molar-refractivity contribution in [1.29, 1.82) is 0 Å². The fourth-order valence-electron chi connectivity index (χ4n) is 2.75. The van der Waals surface area contributed by atoms with Gasteiger partial charge in [0, 0.05) is 18.1 Å². The van der Waals surface area contributed by atoms with Gasteiger partial charge in [-0.25, -0.2) is 4.39 Å². The molecule has 0 heterocycles. The molecule has 20 heavy (non-hydrogen) atoms. The van der Waals surface area contributed by atoms with Gasteiger partial charge < -0.3 is 5.73 Å². The van der Waals surface area contributed by atoms with Crippen LogP contribution in [0.25, 0.3) is 0 Å². The molecule has 114 valence electrons. The van der Waals surface area contributed by atoms with Crippen molar-refractivity contribution in [3.05, 3.63) is 35.6 Å². The summed E-state index contributed by atoms with van der Waals surface area (Å²) in [5, 5.41) is 0. The first-order valence-electron chi connectivity index (χ1n) is 7.74. The Labute approximate surface area is 123 Å². The zero-order valence-electron chi connectivity index (χ0n) is 13.3. The van der Waals surface area contributed by atoms with Gasteiger partial charge in [-0.3, -0.25) is 4.90 Å². The molecule has 2 unspecified atom stereocenters. The van der Waals surface area contributed by atoms with Crippen molar-refractivity contribution in [1.82, 2.24) is 4.90 Å². The molecule has 2 atom stereocenters. The molecule has 3 heteroatoms. The zero-order chi connectivity index (χ0) is 15.1. The van der Waals surface area contributed by atoms with E-state index in [-0.39, 0.29) is 17.9 Å². The third-order valence-electron chi connectivity index (χ3n) is 3.73. The smallest absolute Gasteiger partial charge is 0.123 e. The normalized spacial score (nSPS) is 14.8. The highest BCUT2D eigenvalue weighted by molar-refractivity contribution is 5.22. The summed E-state index contributed by atoms with van der Waals surface area (Å²) in [7, 11) is 0. The molecule has 0 bridgehead atoms. The number of benzene rings is 1. The summed E-state index contributed by atoms with van der Waals surface area (Å²) in [6.07, 6.45) is 3.58. The molecule has 2 N–H and O–H groups in total. The predicted octanol–water partition coefficient (Wildman–Crippen LogP) is 4.11. The number of nitrogens with zero attached hydrogens (tertiary/aromatic N) is 1. The lowest BCUT2D eigenvalue weighted by Gasteiger charge is -2.37. The summed E-state index contributed by atoms with van der Waals surface area (Å²) < 4.78 is 13.5. The molecular formula is C17H29FN2. The summed E-state index contributed by atoms with van der Waals surface area (Å²) in [5.41, 5.74) is 7.17. The number of unbranched alkanes of at least 4 members (excludes halogenated alkanes) is 2. The molecule has 0 radical (unpaired) electrons. The van der Waals surface area contributed by atoms with Crippen LogP contribution in [0.15, 0.2) is 24.3 Å². The Morgan fingerprint density at radius 1 is 1.20 bits per heavy atom. The molecular weight excluding hydrogens is 251 g/mol. The Balaban J connectivity index is 2.96. The Bertz CT molecular complexity index is 390. The molecule has 0 fully saturated rings. The molecule has 0 aromatic heterocycles. The highest BCUT2D eigenvalue weighted by Gasteiger charge is 2.26. The maximum atomic E-state index is 13.5. The third-order valence-corrected chi connectivity index (χ3v) is 3.73. The van der Waals surface area contributed by atoms with E-state index in [1.54, 1.807) is 12.1 Å². The molecule has 0 amide bonds. The van der Waals surface area contributed by atoms with Gasteiger partial charge in [-0.2, -0.15) is 0 Å². The average Bonchev–Trinajstić information content (AvgIpc) is 2.37. The monoisotopic (exact) mass is 280 g/mol. The van der Waals surface area contributed by atoms with Crippen LogP contribution in [-0.2, 0) is 0 Å². The maximum absolute atomic E-state index is 13.5. The van der Waals surface area contributed by atoms with E-state index < -0.39 is 0 Å². The van der Waals surface area contributed by atoms with E-state index in [2.05, 4.69) is 25.7 Å². The lowest BCUT2D eigenvalue weighted by Crippen LogP contribution is -2.43. The summed E-state index contributed by atoms with van der Waals surface area (Å²) in [4.78, 5) is 2.40. The molecule has 0 aliphatic carbocycles. The standard InChI is InChI=1S/C17H29FN2/c1-5-6-7-11-20(13(2)3)17(14(4)19)15-9-8-10-16(18)12-15/h8-10,12-14,17H,5-7,11,19H2,1-4H3. The van der Waals surface area contributed by atoms with Crippen molar-refractivity contribution < 1.29 is 4.39 Å². The Hall–Kier alpha value is -0.930. The van der Waals surface area contributed by atoms with Crippen LogP contribution >= 0.6 is 0 Å². The number of halogens is 1. The van der Waals surface area contributed by atoms with E-state index >= 15 is 0 Å². The van der Waals surface area contributed by atoms with Crippen LogP contribution < -0.4 is 5.73 Å². The molecule has 0 aliphatic rings. The van der Waals surface area contributed by atoms with Crippen molar-refractivity contribution in [2.24, 2.45) is 5.73 Å². The van der Waals surface area contributed by atoms with Crippen LogP contribution in [0.3, 0.4) is 0 Å². The summed E-state index contributed by atoms with van der Waals surface area (Å²) in [5.74, 6) is -0.189. The third kappa shape index (κ3) is 4.88. The number of rotatable bonds is 8. The minimum absolute atomic E-state index is 0.0270. The van der Waals surface area contributed by atoms with Crippen LogP contribution in [0, 0.1) is 5.82 Å². The van der Waals surface area contributed by atoms with Gasteiger partial charge in [0.15, 0.2) is 0 Å². The van der Waals surface area contributed by atoms with Gasteiger partial charge in [-0.1, -0.05) is 31.9 Å². The number of hydrogen-bond donors (Lipinski definition) is 1. The molecule has 1 rings (SSSR count). The van der Waals surface area contributed by atoms with Crippen molar-refractivity contribution in [3.63, 3.8) is 0 Å². The molecule has 2 nitrogen and oxygen atoms in total. The van der Waals surface area contributed by atoms with Gasteiger partial charge >= 0.3 is 0 Å². The van der Waals surface area contributed by atoms with Gasteiger partial charge in [-0.05, 0) is 51.4 Å². The molecule has 0 spiro atoms. The first kappa shape index (κ1) is 17.1. The SMILES string of the molecule is CCCCCN(C(C)C)C(c1cccc(F)c1)C(C)N. The molecule has 0 saturated heterocycles. The van der Waals surface area contributed by atoms with Gasteiger partial charge in [0.2, 0.25) is 0 Å². The second-order valence-electron chi connectivity index (χ2n) is 5.90. The van der Waals surface area contributed by atoms with Crippen LogP contribution in [0.1, 0.15) is 58.6 Å². The van der Waals surface area contributed by atoms with E-state index in [1.165, 1.54) is 18.9 Å². The second kappa shape index (κ2) is 8.38. The van der Waals surface area contributed by atoms with Gasteiger partial charge in [0.25, 0.3) is 0 Å². The average molecular weight is 280 g/mol. The van der Waals surface area contributed by atoms with Gasteiger partial charge in [0.05, 0.1) is 0 Å². The van der Waals surface area contributed by atoms with Gasteiger partial charge in [0.1, 0.15) is 5.82 Å². The fourth-order valence-corrected chi connectivity index (χ4v) is 2.75. The van der Waals surface area contributed by atoms with Crippen molar-refractivity contribution in [3.8, 4) is 0 Å². The highest BCUT2D eigenvalue weighted by atomic mass is 19.1. The molecule has 0 saturated carbocycles. The summed E-state index contributed by atoms with van der Waals surface area (Å²) in [6, 6.07) is 7.29. The van der Waals surface area contributed by atoms with E-state index in [0.717, 1.165) is 18.5 Å². The van der Waals surface area contributed by atoms with E-state index in [0.29, 0.717) is 6.04 Å². The molecule has 1 aromatic carbocycles. The number of hydrogen-bond acceptors (Lipinski definition) is 2. The van der Waals surface area contributed by atoms with E-state index in [9.17, 15) is 4.39 Å². The van der Waals surface area contributed by atoms with Crippen LogP contribution in [0.2, 0.25) is 0 Å². The second-order valence-corrected chi connectivity index (χ2v) is 5.90. The number of nitrogens with two attached hydrogens (primary N) is 1. The predicted molar refractivity (Wildman–Crippen MR) is 84.2 cm³/mol. The van der Waals surface area contributed by atoms with Crippen molar-refractivity contribution in [2.75, 3.05) is 6.54 Å². The minimum Gasteiger partial charge on any atom is -0.326 e.